The van der Waals surface area contributed by atoms with Crippen molar-refractivity contribution in [2.24, 2.45) is 5.73 Å². The molecule has 1 saturated heterocycles. The minimum absolute atomic E-state index is 0.0467. The number of aryl methyl sites for hydroxylation is 1. The van der Waals surface area contributed by atoms with E-state index in [2.05, 4.69) is 29.9 Å². The van der Waals surface area contributed by atoms with Crippen molar-refractivity contribution < 1.29 is 22.7 Å². The molecule has 3 aromatic heterocycles. The number of ether oxygens (including phenoxy) is 1. The summed E-state index contributed by atoms with van der Waals surface area (Å²) in [5, 5.41) is 2.91. The van der Waals surface area contributed by atoms with E-state index < -0.39 is 18.0 Å². The minimum atomic E-state index is -4.89. The topological polar surface area (TPSA) is 110 Å². The van der Waals surface area contributed by atoms with E-state index in [-0.39, 0.29) is 11.6 Å². The van der Waals surface area contributed by atoms with Crippen molar-refractivity contribution in [2.45, 2.75) is 23.4 Å². The number of carbonyl (C=O) groups excluding carboxylic acids is 1. The number of aromatic nitrogens is 3. The number of fused-ring (bicyclic) bond motifs is 3. The number of carbonyl (C=O) groups is 1. The van der Waals surface area contributed by atoms with Crippen LogP contribution in [0.25, 0.3) is 11.3 Å². The first kappa shape index (κ1) is 25.5. The van der Waals surface area contributed by atoms with Crippen molar-refractivity contribution in [2.75, 3.05) is 49.7 Å². The van der Waals surface area contributed by atoms with Gasteiger partial charge in [-0.05, 0) is 37.3 Å². The highest BCUT2D eigenvalue weighted by molar-refractivity contribution is 8.00. The van der Waals surface area contributed by atoms with E-state index in [1.54, 1.807) is 6.20 Å². The molecule has 196 valence electrons. The second-order valence-electron chi connectivity index (χ2n) is 8.71. The fourth-order valence-corrected chi connectivity index (χ4v) is 6.40. The summed E-state index contributed by atoms with van der Waals surface area (Å²) >= 11 is 2.82. The number of likely N-dealkylation sites (N-methyl/N-ethyl adjacent to an activating group) is 1. The third-order valence-corrected chi connectivity index (χ3v) is 8.65. The number of nitrogens with zero attached hydrogens (tertiary/aromatic N) is 5. The molecule has 14 heteroatoms. The number of piperazine rings is 1. The lowest BCUT2D eigenvalue weighted by Gasteiger charge is -2.33. The summed E-state index contributed by atoms with van der Waals surface area (Å²) in [6.07, 6.45) is 0.988. The molecule has 0 aromatic carbocycles. The highest BCUT2D eigenvalue weighted by Crippen LogP contribution is 2.46. The third-order valence-electron chi connectivity index (χ3n) is 6.28. The van der Waals surface area contributed by atoms with Crippen LogP contribution in [-0.2, 0) is 12.8 Å². The number of hydrogen-bond donors (Lipinski definition) is 2. The molecular formula is C23H24F3N7O2S2. The number of primary amides is 1. The summed E-state index contributed by atoms with van der Waals surface area (Å²) in [5.74, 6) is -0.338. The normalized spacial score (nSPS) is 15.8. The van der Waals surface area contributed by atoms with Gasteiger partial charge in [-0.15, -0.1) is 36.3 Å². The summed E-state index contributed by atoms with van der Waals surface area (Å²) in [6.45, 7) is 3.01. The molecule has 0 saturated carbocycles. The first-order valence-electron chi connectivity index (χ1n) is 11.4. The van der Waals surface area contributed by atoms with Gasteiger partial charge >= 0.3 is 6.36 Å². The highest BCUT2D eigenvalue weighted by atomic mass is 32.2. The molecule has 0 bridgehead atoms. The van der Waals surface area contributed by atoms with Crippen molar-refractivity contribution in [3.8, 4) is 17.0 Å². The fraction of sp³-hybridized carbons (Fsp3) is 0.391. The van der Waals surface area contributed by atoms with E-state index in [0.717, 1.165) is 40.2 Å². The molecule has 9 nitrogen and oxygen atoms in total. The quantitative estimate of drug-likeness (QED) is 0.441. The molecule has 1 aliphatic carbocycles. The number of amides is 1. The lowest BCUT2D eigenvalue weighted by atomic mass is 9.91. The highest BCUT2D eigenvalue weighted by Gasteiger charge is 2.33. The molecule has 0 spiro atoms. The predicted molar refractivity (Wildman–Crippen MR) is 137 cm³/mol. The average Bonchev–Trinajstić information content (AvgIpc) is 3.24. The van der Waals surface area contributed by atoms with Crippen molar-refractivity contribution in [3.05, 3.63) is 34.5 Å². The Morgan fingerprint density at radius 3 is 2.62 bits per heavy atom. The second-order valence-corrected chi connectivity index (χ2v) is 10.8. The molecule has 0 unspecified atom stereocenters. The van der Waals surface area contributed by atoms with E-state index in [4.69, 9.17) is 5.73 Å². The van der Waals surface area contributed by atoms with Crippen molar-refractivity contribution >= 4 is 46.5 Å². The lowest BCUT2D eigenvalue weighted by Crippen LogP contribution is -2.44. The van der Waals surface area contributed by atoms with Crippen LogP contribution >= 0.6 is 23.1 Å². The molecule has 3 N–H and O–H groups in total. The average molecular weight is 552 g/mol. The molecule has 1 fully saturated rings. The van der Waals surface area contributed by atoms with Gasteiger partial charge in [-0.2, -0.15) is 0 Å². The number of thioether (sulfide) groups is 1. The van der Waals surface area contributed by atoms with Gasteiger partial charge in [0.1, 0.15) is 5.82 Å². The zero-order chi connectivity index (χ0) is 26.3. The summed E-state index contributed by atoms with van der Waals surface area (Å²) in [4.78, 5) is 29.9. The Balaban J connectivity index is 1.52. The number of nitrogens with one attached hydrogen (secondary N) is 1. The third kappa shape index (κ3) is 5.31. The SMILES string of the molecule is CSc1sc(C(N)=O)c2c1-c1nc(Nc3cc(N4CCN(C)CC4)ncc3OC(F)(F)F)ncc1CC2. The van der Waals surface area contributed by atoms with Gasteiger partial charge in [0.2, 0.25) is 5.95 Å². The molecule has 1 amide bonds. The summed E-state index contributed by atoms with van der Waals surface area (Å²) in [7, 11) is 2.01. The maximum absolute atomic E-state index is 13.1. The van der Waals surface area contributed by atoms with Crippen molar-refractivity contribution in [1.29, 1.82) is 0 Å². The largest absolute Gasteiger partial charge is 0.573 e. The number of rotatable bonds is 6. The van der Waals surface area contributed by atoms with Gasteiger partial charge in [0, 0.05) is 44.0 Å². The smallest absolute Gasteiger partial charge is 0.402 e. The molecule has 2 aliphatic rings. The van der Waals surface area contributed by atoms with E-state index >= 15 is 0 Å². The number of nitrogens with two attached hydrogens (primary N) is 1. The fourth-order valence-electron chi connectivity index (χ4n) is 4.45. The number of thiophene rings is 1. The first-order valence-corrected chi connectivity index (χ1v) is 13.5. The van der Waals surface area contributed by atoms with Crippen LogP contribution in [0, 0.1) is 0 Å². The number of hydrogen-bond acceptors (Lipinski definition) is 10. The van der Waals surface area contributed by atoms with Crippen LogP contribution in [0.2, 0.25) is 0 Å². The standard InChI is InChI=1S/C23H24F3N7O2S2/c1-32-5-7-33(8-6-32)16-9-14(15(11-28-16)35-23(24,25)26)30-22-29-10-12-3-4-13-17(18(12)31-22)21(36-2)37-19(13)20(27)34/h9-11H,3-8H2,1-2H3,(H2,27,34)(H,28,29,30,31). The van der Waals surface area contributed by atoms with E-state index in [1.165, 1.54) is 29.2 Å². The molecule has 3 aromatic rings. The Hall–Kier alpha value is -3.10. The Morgan fingerprint density at radius 2 is 1.95 bits per heavy atom. The van der Waals surface area contributed by atoms with Gasteiger partial charge in [-0.3, -0.25) is 4.79 Å². The first-order chi connectivity index (χ1) is 17.6. The van der Waals surface area contributed by atoms with Crippen LogP contribution in [0.15, 0.2) is 22.7 Å². The van der Waals surface area contributed by atoms with Crippen LogP contribution in [0.3, 0.4) is 0 Å². The Kier molecular flexibility index (Phi) is 6.89. The molecule has 1 aliphatic heterocycles. The maximum Gasteiger partial charge on any atom is 0.573 e. The number of alkyl halides is 3. The minimum Gasteiger partial charge on any atom is -0.402 e. The van der Waals surface area contributed by atoms with Gasteiger partial charge < -0.3 is 25.6 Å². The Labute approximate surface area is 219 Å². The molecule has 0 radical (unpaired) electrons. The Bertz CT molecular complexity index is 1340. The number of halogens is 3. The van der Waals surface area contributed by atoms with Gasteiger partial charge in [0.25, 0.3) is 5.91 Å². The van der Waals surface area contributed by atoms with E-state index in [0.29, 0.717) is 42.3 Å². The van der Waals surface area contributed by atoms with Crippen LogP contribution in [0.1, 0.15) is 20.8 Å². The van der Waals surface area contributed by atoms with Gasteiger partial charge in [-0.1, -0.05) is 0 Å². The second kappa shape index (κ2) is 9.99. The molecule has 37 heavy (non-hydrogen) atoms. The predicted octanol–water partition coefficient (Wildman–Crippen LogP) is 3.91. The zero-order valence-electron chi connectivity index (χ0n) is 20.1. The number of anilines is 3. The molecular weight excluding hydrogens is 527 g/mol. The summed E-state index contributed by atoms with van der Waals surface area (Å²) < 4.78 is 44.5. The Morgan fingerprint density at radius 1 is 1.19 bits per heavy atom. The monoisotopic (exact) mass is 551 g/mol. The lowest BCUT2D eigenvalue weighted by molar-refractivity contribution is -0.274. The summed E-state index contributed by atoms with van der Waals surface area (Å²) in [5.41, 5.74) is 8.86. The van der Waals surface area contributed by atoms with Crippen LogP contribution in [0.5, 0.6) is 5.75 Å². The van der Waals surface area contributed by atoms with Crippen LogP contribution in [-0.4, -0.2) is 71.6 Å². The van der Waals surface area contributed by atoms with Gasteiger partial charge in [0.05, 0.1) is 26.7 Å². The molecule has 0 atom stereocenters. The van der Waals surface area contributed by atoms with Crippen molar-refractivity contribution in [1.82, 2.24) is 19.9 Å². The van der Waals surface area contributed by atoms with E-state index in [9.17, 15) is 18.0 Å². The van der Waals surface area contributed by atoms with Crippen molar-refractivity contribution in [3.63, 3.8) is 0 Å². The van der Waals surface area contributed by atoms with Crippen LogP contribution in [0.4, 0.5) is 30.6 Å². The van der Waals surface area contributed by atoms with E-state index in [1.807, 2.05) is 18.2 Å². The number of pyridine rings is 1. The zero-order valence-corrected chi connectivity index (χ0v) is 21.7. The van der Waals surface area contributed by atoms with Crippen LogP contribution < -0.4 is 20.7 Å². The molecule has 5 rings (SSSR count). The summed E-state index contributed by atoms with van der Waals surface area (Å²) in [6, 6.07) is 1.52. The molecule has 4 heterocycles. The van der Waals surface area contributed by atoms with Gasteiger partial charge in [-0.25, -0.2) is 15.0 Å². The van der Waals surface area contributed by atoms with Gasteiger partial charge in [0.15, 0.2) is 5.75 Å². The maximum atomic E-state index is 13.1.